The Morgan fingerprint density at radius 2 is 1.88 bits per heavy atom. The van der Waals surface area contributed by atoms with Gasteiger partial charge in [-0.25, -0.2) is 0 Å². The van der Waals surface area contributed by atoms with Crippen LogP contribution in [0.1, 0.15) is 23.6 Å². The van der Waals surface area contributed by atoms with Gasteiger partial charge in [-0.15, -0.1) is 0 Å². The van der Waals surface area contributed by atoms with Gasteiger partial charge in [-0.2, -0.15) is 0 Å². The van der Waals surface area contributed by atoms with E-state index < -0.39 is 5.41 Å². The number of rotatable bonds is 1. The fraction of sp³-hybridized carbons (Fsp3) is 0.316. The summed E-state index contributed by atoms with van der Waals surface area (Å²) in [7, 11) is 0. The quantitative estimate of drug-likeness (QED) is 0.876. The molecule has 5 heteroatoms. The first kappa shape index (κ1) is 13.7. The predicted molar refractivity (Wildman–Crippen MR) is 88.2 cm³/mol. The topological polar surface area (TPSA) is 56.8 Å². The molecule has 0 aromatic heterocycles. The van der Waals surface area contributed by atoms with Gasteiger partial charge in [-0.05, 0) is 24.1 Å². The molecule has 1 N–H and O–H groups in total. The van der Waals surface area contributed by atoms with Crippen LogP contribution in [0.5, 0.6) is 17.2 Å². The molecule has 3 heterocycles. The summed E-state index contributed by atoms with van der Waals surface area (Å²) in [5, 5.41) is 3.03. The van der Waals surface area contributed by atoms with E-state index >= 15 is 0 Å². The number of anilines is 1. The minimum Gasteiger partial charge on any atom is -0.491 e. The van der Waals surface area contributed by atoms with Gasteiger partial charge < -0.3 is 19.5 Å². The third-order valence-electron chi connectivity index (χ3n) is 5.14. The molecule has 5 nitrogen and oxygen atoms in total. The van der Waals surface area contributed by atoms with Crippen molar-refractivity contribution < 1.29 is 19.0 Å². The molecule has 0 saturated carbocycles. The number of carbonyl (C=O) groups excluding carboxylic acids is 1. The highest BCUT2D eigenvalue weighted by molar-refractivity contribution is 6.10. The third-order valence-corrected chi connectivity index (χ3v) is 5.14. The average molecular weight is 323 g/mol. The Morgan fingerprint density at radius 3 is 2.67 bits per heavy atom. The van der Waals surface area contributed by atoms with E-state index in [1.807, 2.05) is 24.3 Å². The lowest BCUT2D eigenvalue weighted by Gasteiger charge is -2.24. The van der Waals surface area contributed by atoms with Crippen LogP contribution in [0.3, 0.4) is 0 Å². The number of benzene rings is 2. The lowest BCUT2D eigenvalue weighted by Crippen LogP contribution is -2.38. The maximum Gasteiger partial charge on any atom is 0.243 e. The van der Waals surface area contributed by atoms with Gasteiger partial charge in [0.15, 0.2) is 11.5 Å². The monoisotopic (exact) mass is 323 g/mol. The Hall–Kier alpha value is -2.69. The molecular formula is C19H17NO4. The largest absolute Gasteiger partial charge is 0.491 e. The number of hydrogen-bond donors (Lipinski definition) is 1. The van der Waals surface area contributed by atoms with Gasteiger partial charge >= 0.3 is 0 Å². The van der Waals surface area contributed by atoms with Crippen molar-refractivity contribution in [3.63, 3.8) is 0 Å². The first-order valence-corrected chi connectivity index (χ1v) is 8.25. The highest BCUT2D eigenvalue weighted by Gasteiger charge is 2.55. The Labute approximate surface area is 139 Å². The molecule has 1 spiro atoms. The first-order valence-electron chi connectivity index (χ1n) is 8.25. The van der Waals surface area contributed by atoms with Crippen molar-refractivity contribution in [2.24, 2.45) is 0 Å². The summed E-state index contributed by atoms with van der Waals surface area (Å²) in [6.07, 6.45) is 0.861. The maximum absolute atomic E-state index is 13.0. The van der Waals surface area contributed by atoms with Crippen LogP contribution in [0.4, 0.5) is 5.69 Å². The molecule has 2 aromatic carbocycles. The van der Waals surface area contributed by atoms with Gasteiger partial charge in [-0.1, -0.05) is 19.1 Å². The standard InChI is InChI=1S/C19H17NO4/c1-2-11-4-3-5-13-17(11)19(18(21)20-13)10-24-14-9-16-15(8-12(14)19)22-6-7-23-16/h3-5,8-9H,2,6-7,10H2,1H3,(H,20,21). The molecule has 3 aliphatic heterocycles. The molecule has 122 valence electrons. The van der Waals surface area contributed by atoms with Gasteiger partial charge in [0.1, 0.15) is 31.0 Å². The molecule has 0 aliphatic carbocycles. The molecule has 1 unspecified atom stereocenters. The van der Waals surface area contributed by atoms with Crippen LogP contribution in [-0.2, 0) is 16.6 Å². The molecule has 1 amide bonds. The molecule has 0 radical (unpaired) electrons. The van der Waals surface area contributed by atoms with Gasteiger partial charge in [-0.3, -0.25) is 4.79 Å². The lowest BCUT2D eigenvalue weighted by atomic mass is 9.74. The summed E-state index contributed by atoms with van der Waals surface area (Å²) in [5.74, 6) is 2.03. The molecule has 0 fully saturated rings. The predicted octanol–water partition coefficient (Wildman–Crippen LogP) is 2.65. The Morgan fingerprint density at radius 1 is 1.08 bits per heavy atom. The zero-order valence-electron chi connectivity index (χ0n) is 13.3. The number of amides is 1. The van der Waals surface area contributed by atoms with Crippen molar-refractivity contribution in [1.82, 2.24) is 0 Å². The summed E-state index contributed by atoms with van der Waals surface area (Å²) < 4.78 is 17.3. The number of carbonyl (C=O) groups is 1. The normalized spacial score (nSPS) is 22.8. The van der Waals surface area contributed by atoms with E-state index in [1.165, 1.54) is 0 Å². The molecule has 24 heavy (non-hydrogen) atoms. The molecule has 2 aromatic rings. The van der Waals surface area contributed by atoms with Gasteiger partial charge in [0, 0.05) is 22.9 Å². The first-order chi connectivity index (χ1) is 11.7. The van der Waals surface area contributed by atoms with Crippen molar-refractivity contribution in [3.8, 4) is 17.2 Å². The number of aryl methyl sites for hydroxylation is 1. The Kier molecular flexibility index (Phi) is 2.66. The molecule has 0 bridgehead atoms. The lowest BCUT2D eigenvalue weighted by molar-refractivity contribution is -0.119. The van der Waals surface area contributed by atoms with Crippen LogP contribution in [0.2, 0.25) is 0 Å². The molecule has 0 saturated heterocycles. The maximum atomic E-state index is 13.0. The van der Waals surface area contributed by atoms with Crippen molar-refractivity contribution in [2.75, 3.05) is 25.1 Å². The zero-order valence-corrected chi connectivity index (χ0v) is 13.3. The van der Waals surface area contributed by atoms with Crippen LogP contribution in [0.15, 0.2) is 30.3 Å². The average Bonchev–Trinajstić information content (AvgIpc) is 3.12. The molecule has 1 atom stereocenters. The van der Waals surface area contributed by atoms with Crippen LogP contribution in [-0.4, -0.2) is 25.7 Å². The van der Waals surface area contributed by atoms with Crippen molar-refractivity contribution in [1.29, 1.82) is 0 Å². The fourth-order valence-corrected chi connectivity index (χ4v) is 4.03. The smallest absolute Gasteiger partial charge is 0.243 e. The van der Waals surface area contributed by atoms with Crippen LogP contribution < -0.4 is 19.5 Å². The van der Waals surface area contributed by atoms with E-state index in [4.69, 9.17) is 14.2 Å². The van der Waals surface area contributed by atoms with E-state index in [1.54, 1.807) is 0 Å². The summed E-state index contributed by atoms with van der Waals surface area (Å²) in [6.45, 7) is 3.45. The summed E-state index contributed by atoms with van der Waals surface area (Å²) in [5.41, 5.74) is 3.15. The number of ether oxygens (including phenoxy) is 3. The summed E-state index contributed by atoms with van der Waals surface area (Å²) >= 11 is 0. The Balaban J connectivity index is 1.77. The molecular weight excluding hydrogens is 306 g/mol. The van der Waals surface area contributed by atoms with Gasteiger partial charge in [0.2, 0.25) is 5.91 Å². The van der Waals surface area contributed by atoms with Crippen molar-refractivity contribution in [3.05, 3.63) is 47.0 Å². The highest BCUT2D eigenvalue weighted by Crippen LogP contribution is 2.54. The number of nitrogens with one attached hydrogen (secondary N) is 1. The van der Waals surface area contributed by atoms with Gasteiger partial charge in [0.25, 0.3) is 0 Å². The van der Waals surface area contributed by atoms with E-state index in [9.17, 15) is 4.79 Å². The highest BCUT2D eigenvalue weighted by atomic mass is 16.6. The second kappa shape index (κ2) is 4.66. The van der Waals surface area contributed by atoms with Crippen LogP contribution in [0.25, 0.3) is 0 Å². The summed E-state index contributed by atoms with van der Waals surface area (Å²) in [4.78, 5) is 13.0. The van der Waals surface area contributed by atoms with E-state index in [2.05, 4.69) is 18.3 Å². The minimum atomic E-state index is -0.799. The second-order valence-electron chi connectivity index (χ2n) is 6.33. The van der Waals surface area contributed by atoms with Crippen molar-refractivity contribution in [2.45, 2.75) is 18.8 Å². The molecule has 3 aliphatic rings. The second-order valence-corrected chi connectivity index (χ2v) is 6.33. The third kappa shape index (κ3) is 1.57. The minimum absolute atomic E-state index is 0.0335. The number of fused-ring (bicyclic) bond motifs is 5. The molecule has 5 rings (SSSR count). The van der Waals surface area contributed by atoms with Crippen LogP contribution in [0, 0.1) is 0 Å². The van der Waals surface area contributed by atoms with Gasteiger partial charge in [0.05, 0.1) is 0 Å². The number of hydrogen-bond acceptors (Lipinski definition) is 4. The zero-order chi connectivity index (χ0) is 16.3. The summed E-state index contributed by atoms with van der Waals surface area (Å²) in [6, 6.07) is 9.78. The van der Waals surface area contributed by atoms with E-state index in [-0.39, 0.29) is 5.91 Å². The fourth-order valence-electron chi connectivity index (χ4n) is 4.03. The van der Waals surface area contributed by atoms with Crippen molar-refractivity contribution >= 4 is 11.6 Å². The van der Waals surface area contributed by atoms with E-state index in [0.717, 1.165) is 28.8 Å². The Bertz CT molecular complexity index is 876. The SMILES string of the molecule is CCc1cccc2c1C1(COc3cc4c(cc31)OCCO4)C(=O)N2. The van der Waals surface area contributed by atoms with Crippen LogP contribution >= 0.6 is 0 Å². The van der Waals surface area contributed by atoms with E-state index in [0.29, 0.717) is 37.1 Å².